The number of benzene rings is 3. The third-order valence-corrected chi connectivity index (χ3v) is 4.14. The molecule has 0 bridgehead atoms. The predicted octanol–water partition coefficient (Wildman–Crippen LogP) is 4.37. The summed E-state index contributed by atoms with van der Waals surface area (Å²) in [6, 6.07) is 19.7. The maximum Gasteiger partial charge on any atom is 0.123 e. The second-order valence-electron chi connectivity index (χ2n) is 6.26. The van der Waals surface area contributed by atoms with Gasteiger partial charge in [-0.3, -0.25) is 0 Å². The molecular formula is C22H21F2NO2. The van der Waals surface area contributed by atoms with Gasteiger partial charge in [-0.15, -0.1) is 0 Å². The molecule has 0 spiro atoms. The Balaban J connectivity index is 1.44. The molecule has 0 amide bonds. The Kier molecular flexibility index (Phi) is 6.52. The van der Waals surface area contributed by atoms with Gasteiger partial charge in [0.1, 0.15) is 24.0 Å². The number of ether oxygens (including phenoxy) is 1. The van der Waals surface area contributed by atoms with Crippen LogP contribution in [-0.2, 0) is 13.2 Å². The van der Waals surface area contributed by atoms with Crippen LogP contribution in [0.2, 0.25) is 0 Å². The summed E-state index contributed by atoms with van der Waals surface area (Å²) in [6.07, 6.45) is -0.695. The van der Waals surface area contributed by atoms with Gasteiger partial charge in [0.15, 0.2) is 0 Å². The Hall–Kier alpha value is -2.76. The number of aliphatic hydroxyl groups is 1. The van der Waals surface area contributed by atoms with Crippen molar-refractivity contribution in [2.45, 2.75) is 19.3 Å². The summed E-state index contributed by atoms with van der Waals surface area (Å²) < 4.78 is 31.7. The molecule has 0 heterocycles. The van der Waals surface area contributed by atoms with E-state index in [1.165, 1.54) is 24.3 Å². The molecule has 0 unspecified atom stereocenters. The normalized spacial score (nSPS) is 12.0. The molecule has 5 heteroatoms. The molecule has 0 radical (unpaired) electrons. The standard InChI is InChI=1S/C22H21F2NO2/c23-19-8-6-18(7-9-19)22(26)14-25-13-16-4-10-21(11-5-16)27-15-17-2-1-3-20(24)12-17/h1-12,22,25-26H,13-15H2/t22-/m1/s1. The monoisotopic (exact) mass is 369 g/mol. The number of rotatable bonds is 8. The van der Waals surface area contributed by atoms with E-state index in [-0.39, 0.29) is 11.6 Å². The lowest BCUT2D eigenvalue weighted by Gasteiger charge is -2.13. The van der Waals surface area contributed by atoms with E-state index >= 15 is 0 Å². The minimum absolute atomic E-state index is 0.277. The second-order valence-corrected chi connectivity index (χ2v) is 6.26. The highest BCUT2D eigenvalue weighted by Gasteiger charge is 2.07. The van der Waals surface area contributed by atoms with Crippen LogP contribution in [0.15, 0.2) is 72.8 Å². The Labute approximate surface area is 157 Å². The molecule has 0 aromatic heterocycles. The van der Waals surface area contributed by atoms with Gasteiger partial charge in [0.2, 0.25) is 0 Å². The fourth-order valence-electron chi connectivity index (χ4n) is 2.65. The summed E-state index contributed by atoms with van der Waals surface area (Å²) in [5, 5.41) is 13.3. The van der Waals surface area contributed by atoms with Gasteiger partial charge >= 0.3 is 0 Å². The second kappa shape index (κ2) is 9.26. The van der Waals surface area contributed by atoms with E-state index in [9.17, 15) is 13.9 Å². The average molecular weight is 369 g/mol. The molecule has 3 aromatic rings. The number of nitrogens with one attached hydrogen (secondary N) is 1. The van der Waals surface area contributed by atoms with Crippen molar-refractivity contribution < 1.29 is 18.6 Å². The first-order valence-corrected chi connectivity index (χ1v) is 8.70. The van der Waals surface area contributed by atoms with E-state index in [0.717, 1.165) is 11.1 Å². The van der Waals surface area contributed by atoms with E-state index in [4.69, 9.17) is 4.74 Å². The van der Waals surface area contributed by atoms with Crippen LogP contribution in [0.4, 0.5) is 8.78 Å². The van der Waals surface area contributed by atoms with Gasteiger partial charge < -0.3 is 15.2 Å². The quantitative estimate of drug-likeness (QED) is 0.620. The first-order valence-electron chi connectivity index (χ1n) is 8.70. The highest BCUT2D eigenvalue weighted by Crippen LogP contribution is 2.16. The minimum atomic E-state index is -0.695. The maximum atomic E-state index is 13.2. The highest BCUT2D eigenvalue weighted by molar-refractivity contribution is 5.28. The molecule has 3 nitrogen and oxygen atoms in total. The fourth-order valence-corrected chi connectivity index (χ4v) is 2.65. The van der Waals surface area contributed by atoms with Gasteiger partial charge in [-0.1, -0.05) is 36.4 Å². The molecule has 0 aliphatic carbocycles. The molecule has 0 aliphatic rings. The van der Waals surface area contributed by atoms with Crippen molar-refractivity contribution in [3.05, 3.63) is 101 Å². The molecule has 0 saturated heterocycles. The lowest BCUT2D eigenvalue weighted by molar-refractivity contribution is 0.174. The molecule has 140 valence electrons. The summed E-state index contributed by atoms with van der Waals surface area (Å²) in [4.78, 5) is 0. The third kappa shape index (κ3) is 5.88. The van der Waals surface area contributed by atoms with Crippen LogP contribution in [0.3, 0.4) is 0 Å². The van der Waals surface area contributed by atoms with Crippen LogP contribution in [0, 0.1) is 11.6 Å². The van der Waals surface area contributed by atoms with Gasteiger partial charge in [-0.2, -0.15) is 0 Å². The van der Waals surface area contributed by atoms with Gasteiger partial charge in [0.05, 0.1) is 6.10 Å². The zero-order valence-corrected chi connectivity index (χ0v) is 14.7. The Morgan fingerprint density at radius 1 is 0.852 bits per heavy atom. The van der Waals surface area contributed by atoms with E-state index in [0.29, 0.717) is 31.0 Å². The number of aliphatic hydroxyl groups excluding tert-OH is 1. The Morgan fingerprint density at radius 3 is 2.30 bits per heavy atom. The minimum Gasteiger partial charge on any atom is -0.489 e. The summed E-state index contributed by atoms with van der Waals surface area (Å²) in [6.45, 7) is 1.26. The van der Waals surface area contributed by atoms with Crippen LogP contribution >= 0.6 is 0 Å². The van der Waals surface area contributed by atoms with Crippen LogP contribution in [0.1, 0.15) is 22.8 Å². The van der Waals surface area contributed by atoms with Crippen molar-refractivity contribution in [3.63, 3.8) is 0 Å². The van der Waals surface area contributed by atoms with Crippen molar-refractivity contribution in [1.82, 2.24) is 5.32 Å². The molecule has 0 fully saturated rings. The molecule has 3 rings (SSSR count). The van der Waals surface area contributed by atoms with Crippen LogP contribution < -0.4 is 10.1 Å². The average Bonchev–Trinajstić information content (AvgIpc) is 2.68. The summed E-state index contributed by atoms with van der Waals surface area (Å²) in [7, 11) is 0. The van der Waals surface area contributed by atoms with E-state index in [1.54, 1.807) is 18.2 Å². The largest absolute Gasteiger partial charge is 0.489 e. The SMILES string of the molecule is O[C@H](CNCc1ccc(OCc2cccc(F)c2)cc1)c1ccc(F)cc1. The fraction of sp³-hybridized carbons (Fsp3) is 0.182. The first-order chi connectivity index (χ1) is 13.1. The topological polar surface area (TPSA) is 41.5 Å². The Bertz CT molecular complexity index is 851. The molecular weight excluding hydrogens is 348 g/mol. The lowest BCUT2D eigenvalue weighted by atomic mass is 10.1. The van der Waals surface area contributed by atoms with E-state index in [2.05, 4.69) is 5.32 Å². The van der Waals surface area contributed by atoms with E-state index in [1.807, 2.05) is 30.3 Å². The van der Waals surface area contributed by atoms with Crippen molar-refractivity contribution in [3.8, 4) is 5.75 Å². The van der Waals surface area contributed by atoms with E-state index < -0.39 is 6.10 Å². The van der Waals surface area contributed by atoms with Gasteiger partial charge in [0.25, 0.3) is 0 Å². The number of halogens is 2. The first kappa shape index (κ1) is 19.0. The van der Waals surface area contributed by atoms with Crippen molar-refractivity contribution >= 4 is 0 Å². The van der Waals surface area contributed by atoms with Gasteiger partial charge in [-0.25, -0.2) is 8.78 Å². The molecule has 0 saturated carbocycles. The van der Waals surface area contributed by atoms with Gasteiger partial charge in [-0.05, 0) is 53.1 Å². The summed E-state index contributed by atoms with van der Waals surface area (Å²) >= 11 is 0. The van der Waals surface area contributed by atoms with Crippen molar-refractivity contribution in [2.24, 2.45) is 0 Å². The zero-order valence-electron chi connectivity index (χ0n) is 14.7. The number of hydrogen-bond donors (Lipinski definition) is 2. The molecule has 27 heavy (non-hydrogen) atoms. The number of hydrogen-bond acceptors (Lipinski definition) is 3. The summed E-state index contributed by atoms with van der Waals surface area (Å²) in [5.74, 6) is 0.105. The maximum absolute atomic E-state index is 13.2. The van der Waals surface area contributed by atoms with Crippen molar-refractivity contribution in [2.75, 3.05) is 6.54 Å². The summed E-state index contributed by atoms with van der Waals surface area (Å²) in [5.41, 5.74) is 2.49. The smallest absolute Gasteiger partial charge is 0.123 e. The lowest BCUT2D eigenvalue weighted by Crippen LogP contribution is -2.21. The molecule has 0 aliphatic heterocycles. The third-order valence-electron chi connectivity index (χ3n) is 4.14. The zero-order chi connectivity index (χ0) is 19.1. The van der Waals surface area contributed by atoms with Crippen LogP contribution in [-0.4, -0.2) is 11.7 Å². The highest BCUT2D eigenvalue weighted by atomic mass is 19.1. The van der Waals surface area contributed by atoms with Crippen molar-refractivity contribution in [1.29, 1.82) is 0 Å². The van der Waals surface area contributed by atoms with Gasteiger partial charge in [0, 0.05) is 13.1 Å². The van der Waals surface area contributed by atoms with Crippen LogP contribution in [0.25, 0.3) is 0 Å². The van der Waals surface area contributed by atoms with Crippen LogP contribution in [0.5, 0.6) is 5.75 Å². The molecule has 1 atom stereocenters. The Morgan fingerprint density at radius 2 is 1.59 bits per heavy atom. The molecule has 2 N–H and O–H groups in total. The predicted molar refractivity (Wildman–Crippen MR) is 100 cm³/mol. The molecule has 3 aromatic carbocycles.